The van der Waals surface area contributed by atoms with Crippen LogP contribution in [0.15, 0.2) is 0 Å². The van der Waals surface area contributed by atoms with E-state index in [9.17, 15) is 9.59 Å². The highest BCUT2D eigenvalue weighted by molar-refractivity contribution is 5.77. The Kier molecular flexibility index (Phi) is 4.58. The van der Waals surface area contributed by atoms with E-state index in [-0.39, 0.29) is 6.03 Å². The maximum Gasteiger partial charge on any atom is 0.319 e. The van der Waals surface area contributed by atoms with Crippen LogP contribution in [0, 0.1) is 0 Å². The predicted octanol–water partition coefficient (Wildman–Crippen LogP) is 0.612. The Balaban J connectivity index is 0.000000160. The standard InChI is InChI=1S/C6H11NO.C5H10N2O/c1-2-7-5-3-4-6(7)8;1-6-3-4-7(2)5(6)8/h2-5H2,1H3;3-4H2,1-2H3. The van der Waals surface area contributed by atoms with Crippen LogP contribution in [0.1, 0.15) is 19.8 Å². The molecule has 2 aliphatic heterocycles. The first kappa shape index (κ1) is 12.8. The first-order chi connectivity index (χ1) is 7.56. The van der Waals surface area contributed by atoms with Gasteiger partial charge in [-0.3, -0.25) is 4.79 Å². The third kappa shape index (κ3) is 3.12. The fraction of sp³-hybridized carbons (Fsp3) is 0.818. The van der Waals surface area contributed by atoms with Crippen LogP contribution in [0.5, 0.6) is 0 Å². The first-order valence-corrected chi connectivity index (χ1v) is 5.80. The molecule has 0 radical (unpaired) electrons. The molecular weight excluding hydrogens is 206 g/mol. The summed E-state index contributed by atoms with van der Waals surface area (Å²) >= 11 is 0. The van der Waals surface area contributed by atoms with Gasteiger partial charge in [0, 0.05) is 46.7 Å². The molecule has 0 atom stereocenters. The minimum atomic E-state index is 0.130. The first-order valence-electron chi connectivity index (χ1n) is 5.80. The molecule has 5 heteroatoms. The van der Waals surface area contributed by atoms with E-state index in [1.807, 2.05) is 25.9 Å². The van der Waals surface area contributed by atoms with Gasteiger partial charge in [0.2, 0.25) is 5.91 Å². The van der Waals surface area contributed by atoms with Gasteiger partial charge >= 0.3 is 6.03 Å². The van der Waals surface area contributed by atoms with Crippen LogP contribution >= 0.6 is 0 Å². The van der Waals surface area contributed by atoms with Gasteiger partial charge < -0.3 is 14.7 Å². The highest BCUT2D eigenvalue weighted by atomic mass is 16.2. The topological polar surface area (TPSA) is 43.9 Å². The zero-order valence-electron chi connectivity index (χ0n) is 10.4. The molecule has 5 nitrogen and oxygen atoms in total. The molecule has 2 heterocycles. The summed E-state index contributed by atoms with van der Waals surface area (Å²) in [5.74, 6) is 0.326. The lowest BCUT2D eigenvalue weighted by molar-refractivity contribution is -0.127. The van der Waals surface area contributed by atoms with E-state index < -0.39 is 0 Å². The fourth-order valence-electron chi connectivity index (χ4n) is 1.82. The van der Waals surface area contributed by atoms with Gasteiger partial charge in [-0.25, -0.2) is 4.79 Å². The van der Waals surface area contributed by atoms with Crippen LogP contribution in [-0.2, 0) is 4.79 Å². The Morgan fingerprint density at radius 3 is 1.81 bits per heavy atom. The number of hydrogen-bond acceptors (Lipinski definition) is 2. The van der Waals surface area contributed by atoms with Gasteiger partial charge in [0.25, 0.3) is 0 Å². The largest absolute Gasteiger partial charge is 0.343 e. The van der Waals surface area contributed by atoms with Gasteiger partial charge in [-0.1, -0.05) is 0 Å². The van der Waals surface area contributed by atoms with Crippen molar-refractivity contribution in [2.75, 3.05) is 40.3 Å². The number of likely N-dealkylation sites (tertiary alicyclic amines) is 1. The molecule has 0 N–H and O–H groups in total. The summed E-state index contributed by atoms with van der Waals surface area (Å²) in [7, 11) is 3.62. The number of likely N-dealkylation sites (N-methyl/N-ethyl adjacent to an activating group) is 2. The minimum Gasteiger partial charge on any atom is -0.343 e. The minimum absolute atomic E-state index is 0.130. The number of amides is 3. The third-order valence-electron chi connectivity index (χ3n) is 2.98. The molecule has 0 aromatic rings. The maximum atomic E-state index is 10.8. The van der Waals surface area contributed by atoms with Crippen molar-refractivity contribution >= 4 is 11.9 Å². The Hall–Kier alpha value is -1.26. The van der Waals surface area contributed by atoms with Crippen molar-refractivity contribution < 1.29 is 9.59 Å². The van der Waals surface area contributed by atoms with Gasteiger partial charge in [0.1, 0.15) is 0 Å². The average Bonchev–Trinajstić information content (AvgIpc) is 2.81. The van der Waals surface area contributed by atoms with Gasteiger partial charge in [0.05, 0.1) is 0 Å². The summed E-state index contributed by atoms with van der Waals surface area (Å²) in [6.45, 7) is 5.63. The molecular formula is C11H21N3O2. The van der Waals surface area contributed by atoms with E-state index in [1.165, 1.54) is 0 Å². The monoisotopic (exact) mass is 227 g/mol. The smallest absolute Gasteiger partial charge is 0.319 e. The third-order valence-corrected chi connectivity index (χ3v) is 2.98. The molecule has 2 aliphatic rings. The molecule has 3 amide bonds. The molecule has 2 rings (SSSR count). The Morgan fingerprint density at radius 2 is 1.62 bits per heavy atom. The lowest BCUT2D eigenvalue weighted by atomic mass is 10.4. The van der Waals surface area contributed by atoms with Crippen LogP contribution < -0.4 is 0 Å². The second-order valence-electron chi connectivity index (χ2n) is 4.20. The van der Waals surface area contributed by atoms with Crippen molar-refractivity contribution in [3.8, 4) is 0 Å². The number of hydrogen-bond donors (Lipinski definition) is 0. The fourth-order valence-corrected chi connectivity index (χ4v) is 1.82. The number of rotatable bonds is 1. The Morgan fingerprint density at radius 1 is 1.06 bits per heavy atom. The normalized spacial score (nSPS) is 20.3. The van der Waals surface area contributed by atoms with E-state index in [1.54, 1.807) is 9.80 Å². The second-order valence-corrected chi connectivity index (χ2v) is 4.20. The van der Waals surface area contributed by atoms with E-state index in [2.05, 4.69) is 0 Å². The zero-order chi connectivity index (χ0) is 12.1. The molecule has 92 valence electrons. The van der Waals surface area contributed by atoms with Crippen LogP contribution in [0.25, 0.3) is 0 Å². The van der Waals surface area contributed by atoms with Crippen molar-refractivity contribution in [2.24, 2.45) is 0 Å². The van der Waals surface area contributed by atoms with Gasteiger partial charge in [-0.05, 0) is 13.3 Å². The second kappa shape index (κ2) is 5.72. The highest BCUT2D eigenvalue weighted by Crippen LogP contribution is 2.07. The number of nitrogens with zero attached hydrogens (tertiary/aromatic N) is 3. The molecule has 0 saturated carbocycles. The number of carbonyl (C=O) groups excluding carboxylic acids is 2. The molecule has 0 aliphatic carbocycles. The zero-order valence-corrected chi connectivity index (χ0v) is 10.4. The van der Waals surface area contributed by atoms with E-state index >= 15 is 0 Å². The average molecular weight is 227 g/mol. The van der Waals surface area contributed by atoms with Crippen molar-refractivity contribution in [3.05, 3.63) is 0 Å². The van der Waals surface area contributed by atoms with Gasteiger partial charge in [-0.2, -0.15) is 0 Å². The summed E-state index contributed by atoms with van der Waals surface area (Å²) in [6.07, 6.45) is 1.83. The molecule has 2 fully saturated rings. The summed E-state index contributed by atoms with van der Waals surface area (Å²) in [5, 5.41) is 0. The molecule has 2 saturated heterocycles. The van der Waals surface area contributed by atoms with Crippen molar-refractivity contribution in [1.82, 2.24) is 14.7 Å². The lowest BCUT2D eigenvalue weighted by Gasteiger charge is -2.10. The quantitative estimate of drug-likeness (QED) is 0.659. The molecule has 0 aromatic heterocycles. The highest BCUT2D eigenvalue weighted by Gasteiger charge is 2.20. The van der Waals surface area contributed by atoms with Crippen molar-refractivity contribution in [2.45, 2.75) is 19.8 Å². The Labute approximate surface area is 97.0 Å². The summed E-state index contributed by atoms with van der Waals surface area (Å²) < 4.78 is 0. The molecule has 0 spiro atoms. The van der Waals surface area contributed by atoms with Crippen molar-refractivity contribution in [3.63, 3.8) is 0 Å². The summed E-state index contributed by atoms with van der Waals surface area (Å²) in [4.78, 5) is 26.8. The summed E-state index contributed by atoms with van der Waals surface area (Å²) in [6, 6.07) is 0.130. The number of carbonyl (C=O) groups is 2. The van der Waals surface area contributed by atoms with Crippen LogP contribution in [0.4, 0.5) is 4.79 Å². The molecule has 16 heavy (non-hydrogen) atoms. The van der Waals surface area contributed by atoms with Crippen molar-refractivity contribution in [1.29, 1.82) is 0 Å². The molecule has 0 bridgehead atoms. The lowest BCUT2D eigenvalue weighted by Crippen LogP contribution is -2.25. The van der Waals surface area contributed by atoms with Crippen LogP contribution in [-0.4, -0.2) is 66.9 Å². The summed E-state index contributed by atoms with van der Waals surface area (Å²) in [5.41, 5.74) is 0. The molecule has 0 aromatic carbocycles. The van der Waals surface area contributed by atoms with E-state index in [0.29, 0.717) is 5.91 Å². The van der Waals surface area contributed by atoms with Gasteiger partial charge in [-0.15, -0.1) is 0 Å². The molecule has 0 unspecified atom stereocenters. The van der Waals surface area contributed by atoms with E-state index in [4.69, 9.17) is 0 Å². The maximum absolute atomic E-state index is 10.8. The van der Waals surface area contributed by atoms with Crippen LogP contribution in [0.2, 0.25) is 0 Å². The number of urea groups is 1. The Bertz CT molecular complexity index is 256. The van der Waals surface area contributed by atoms with Gasteiger partial charge in [0.15, 0.2) is 0 Å². The SMILES string of the molecule is CCN1CCCC1=O.CN1CCN(C)C1=O. The van der Waals surface area contributed by atoms with E-state index in [0.717, 1.165) is 39.0 Å². The van der Waals surface area contributed by atoms with Crippen LogP contribution in [0.3, 0.4) is 0 Å². The predicted molar refractivity (Wildman–Crippen MR) is 62.1 cm³/mol.